The molecule has 14 nitrogen and oxygen atoms in total. The molecule has 0 spiro atoms. The first-order valence-corrected chi connectivity index (χ1v) is 13.1. The lowest BCUT2D eigenvalue weighted by molar-refractivity contribution is -0.318. The molecule has 0 bridgehead atoms. The Balaban J connectivity index is 1.35. The fourth-order valence-electron chi connectivity index (χ4n) is 4.84. The number of fused-ring (bicyclic) bond motifs is 1. The molecule has 42 heavy (non-hydrogen) atoms. The molecular formula is C28H32O14. The van der Waals surface area contributed by atoms with Crippen molar-refractivity contribution < 1.29 is 63.8 Å². The molecule has 3 heterocycles. The van der Waals surface area contributed by atoms with Crippen LogP contribution in [-0.2, 0) is 14.2 Å². The molecule has 2 aliphatic rings. The number of aliphatic hydroxyl groups is 6. The van der Waals surface area contributed by atoms with E-state index in [4.69, 9.17) is 28.1 Å². The Labute approximate surface area is 238 Å². The van der Waals surface area contributed by atoms with E-state index in [1.807, 2.05) is 0 Å². The van der Waals surface area contributed by atoms with E-state index in [9.17, 15) is 40.5 Å². The van der Waals surface area contributed by atoms with Crippen molar-refractivity contribution in [3.05, 3.63) is 52.7 Å². The van der Waals surface area contributed by atoms with Crippen LogP contribution < -0.4 is 14.9 Å². The van der Waals surface area contributed by atoms with Gasteiger partial charge < -0.3 is 63.8 Å². The van der Waals surface area contributed by atoms with E-state index >= 15 is 0 Å². The van der Waals surface area contributed by atoms with E-state index in [2.05, 4.69) is 0 Å². The second-order valence-electron chi connectivity index (χ2n) is 10.2. The average molecular weight is 593 g/mol. The zero-order valence-electron chi connectivity index (χ0n) is 22.5. The summed E-state index contributed by atoms with van der Waals surface area (Å²) in [6, 6.07) is 10.4. The summed E-state index contributed by atoms with van der Waals surface area (Å²) in [5.74, 6) is 0.238. The number of hydrogen-bond acceptors (Lipinski definition) is 14. The van der Waals surface area contributed by atoms with E-state index in [0.29, 0.717) is 11.3 Å². The molecule has 3 aromatic rings. The summed E-state index contributed by atoms with van der Waals surface area (Å²) >= 11 is 0. The highest BCUT2D eigenvalue weighted by atomic mass is 16.7. The van der Waals surface area contributed by atoms with Crippen LogP contribution in [-0.4, -0.2) is 111 Å². The van der Waals surface area contributed by atoms with Gasteiger partial charge in [0.2, 0.25) is 6.29 Å². The predicted octanol–water partition coefficient (Wildman–Crippen LogP) is -0.795. The summed E-state index contributed by atoms with van der Waals surface area (Å²) in [4.78, 5) is 12.8. The predicted molar refractivity (Wildman–Crippen MR) is 142 cm³/mol. The van der Waals surface area contributed by atoms with Crippen molar-refractivity contribution in [2.75, 3.05) is 13.7 Å². The quantitative estimate of drug-likeness (QED) is 0.179. The molecular weight excluding hydrogens is 560 g/mol. The molecule has 2 aromatic carbocycles. The Kier molecular flexibility index (Phi) is 8.71. The highest BCUT2D eigenvalue weighted by Crippen LogP contribution is 2.34. The monoisotopic (exact) mass is 592 g/mol. The third-order valence-electron chi connectivity index (χ3n) is 7.31. The molecule has 228 valence electrons. The van der Waals surface area contributed by atoms with E-state index in [-0.39, 0.29) is 22.5 Å². The van der Waals surface area contributed by atoms with E-state index in [0.717, 1.165) is 6.07 Å². The van der Waals surface area contributed by atoms with Gasteiger partial charge in [0.15, 0.2) is 11.7 Å². The number of phenols is 1. The van der Waals surface area contributed by atoms with Crippen molar-refractivity contribution in [1.82, 2.24) is 0 Å². The topological polar surface area (TPSA) is 218 Å². The van der Waals surface area contributed by atoms with Crippen LogP contribution in [0.25, 0.3) is 22.3 Å². The maximum absolute atomic E-state index is 12.8. The van der Waals surface area contributed by atoms with Gasteiger partial charge in [-0.3, -0.25) is 4.79 Å². The van der Waals surface area contributed by atoms with Crippen molar-refractivity contribution in [3.63, 3.8) is 0 Å². The summed E-state index contributed by atoms with van der Waals surface area (Å²) < 4.78 is 33.2. The normalized spacial score (nSPS) is 33.4. The van der Waals surface area contributed by atoms with Gasteiger partial charge in [-0.05, 0) is 31.2 Å². The zero-order chi connectivity index (χ0) is 30.3. The van der Waals surface area contributed by atoms with Gasteiger partial charge in [-0.1, -0.05) is 0 Å². The molecule has 5 rings (SSSR count). The van der Waals surface area contributed by atoms with Gasteiger partial charge in [0.05, 0.1) is 19.8 Å². The van der Waals surface area contributed by atoms with Gasteiger partial charge in [-0.15, -0.1) is 0 Å². The number of aliphatic hydroxyl groups excluding tert-OH is 6. The third-order valence-corrected chi connectivity index (χ3v) is 7.31. The number of benzene rings is 2. The Morgan fingerprint density at radius 3 is 2.14 bits per heavy atom. The molecule has 7 N–H and O–H groups in total. The van der Waals surface area contributed by atoms with Crippen LogP contribution in [0.5, 0.6) is 17.2 Å². The van der Waals surface area contributed by atoms with Gasteiger partial charge in [0.25, 0.3) is 0 Å². The van der Waals surface area contributed by atoms with E-state index < -0.39 is 79.2 Å². The fourth-order valence-corrected chi connectivity index (χ4v) is 4.84. The first kappa shape index (κ1) is 30.2. The molecule has 1 aromatic heterocycles. The van der Waals surface area contributed by atoms with E-state index in [1.54, 1.807) is 24.3 Å². The van der Waals surface area contributed by atoms with Crippen LogP contribution in [0.15, 0.2) is 51.7 Å². The second-order valence-corrected chi connectivity index (χ2v) is 10.2. The first-order chi connectivity index (χ1) is 20.0. The summed E-state index contributed by atoms with van der Waals surface area (Å²) in [7, 11) is 1.52. The average Bonchev–Trinajstić information content (AvgIpc) is 2.97. The van der Waals surface area contributed by atoms with Crippen molar-refractivity contribution in [2.45, 2.75) is 68.3 Å². The van der Waals surface area contributed by atoms with Crippen molar-refractivity contribution in [1.29, 1.82) is 0 Å². The molecule has 2 aliphatic heterocycles. The first-order valence-electron chi connectivity index (χ1n) is 13.1. The standard InChI is InChI=1S/C28H32O14/c1-11-21(31)23(33)25(35)27(39-11)38-10-19-22(32)24(34)26(36)28(42-19)40-14-7-15(29)20-16(30)9-17(41-18(20)8-14)12-3-5-13(37-2)6-4-12/h3-9,11,19,21-29,31-36H,10H2,1-2H3/t11-,19-,21+,22-,23-,24-,25+,26-,27-,28-/m1/s1. The SMILES string of the molecule is COc1ccc(-c2cc(=O)c3c(O)cc(O[C@@H]4O[C@H](CO[C@@H]5O[C@H](C)[C@H](O)[C@@H](O)[C@@H]5O)[C@@H](O)[C@@H](O)[C@H]4O)cc3o2)cc1. The number of methoxy groups -OCH3 is 1. The summed E-state index contributed by atoms with van der Waals surface area (Å²) in [5, 5.41) is 71.9. The lowest BCUT2D eigenvalue weighted by Gasteiger charge is -2.42. The molecule has 2 saturated heterocycles. The Bertz CT molecular complexity index is 1440. The number of rotatable bonds is 7. The molecule has 10 atom stereocenters. The van der Waals surface area contributed by atoms with Crippen LogP contribution in [0.1, 0.15) is 6.92 Å². The molecule has 2 fully saturated rings. The Hall–Kier alpha value is -3.31. The van der Waals surface area contributed by atoms with Crippen molar-refractivity contribution >= 4 is 11.0 Å². The minimum atomic E-state index is -1.76. The van der Waals surface area contributed by atoms with Crippen LogP contribution in [0.4, 0.5) is 0 Å². The van der Waals surface area contributed by atoms with Gasteiger partial charge >= 0.3 is 0 Å². The maximum atomic E-state index is 12.8. The van der Waals surface area contributed by atoms with E-state index in [1.165, 1.54) is 26.2 Å². The molecule has 0 radical (unpaired) electrons. The zero-order valence-corrected chi connectivity index (χ0v) is 22.5. The number of phenolic OH excluding ortho intramolecular Hbond substituents is 1. The van der Waals surface area contributed by atoms with Crippen LogP contribution in [0, 0.1) is 0 Å². The minimum Gasteiger partial charge on any atom is -0.507 e. The van der Waals surface area contributed by atoms with Crippen LogP contribution >= 0.6 is 0 Å². The van der Waals surface area contributed by atoms with Gasteiger partial charge in [-0.2, -0.15) is 0 Å². The van der Waals surface area contributed by atoms with Gasteiger partial charge in [0, 0.05) is 23.8 Å². The smallest absolute Gasteiger partial charge is 0.229 e. The highest BCUT2D eigenvalue weighted by Gasteiger charge is 2.47. The number of hydrogen-bond donors (Lipinski definition) is 7. The second kappa shape index (κ2) is 12.1. The molecule has 0 aliphatic carbocycles. The summed E-state index contributed by atoms with van der Waals surface area (Å²) in [5.41, 5.74) is 0.0115. The molecule has 0 unspecified atom stereocenters. The maximum Gasteiger partial charge on any atom is 0.229 e. The molecule has 14 heteroatoms. The van der Waals surface area contributed by atoms with Gasteiger partial charge in [0.1, 0.15) is 76.7 Å². The Morgan fingerprint density at radius 1 is 0.786 bits per heavy atom. The highest BCUT2D eigenvalue weighted by molar-refractivity contribution is 5.86. The molecule has 0 amide bonds. The van der Waals surface area contributed by atoms with Gasteiger partial charge in [-0.25, -0.2) is 0 Å². The van der Waals surface area contributed by atoms with Crippen LogP contribution in [0.2, 0.25) is 0 Å². The van der Waals surface area contributed by atoms with Crippen molar-refractivity contribution in [3.8, 4) is 28.6 Å². The molecule has 0 saturated carbocycles. The number of ether oxygens (including phenoxy) is 5. The Morgan fingerprint density at radius 2 is 1.45 bits per heavy atom. The largest absolute Gasteiger partial charge is 0.507 e. The lowest BCUT2D eigenvalue weighted by atomic mass is 9.98. The summed E-state index contributed by atoms with van der Waals surface area (Å²) in [6.45, 7) is 0.984. The number of aromatic hydroxyl groups is 1. The lowest BCUT2D eigenvalue weighted by Crippen LogP contribution is -2.61. The van der Waals surface area contributed by atoms with Crippen molar-refractivity contribution in [2.24, 2.45) is 0 Å². The fraction of sp³-hybridized carbons (Fsp3) is 0.464. The van der Waals surface area contributed by atoms with Crippen LogP contribution in [0.3, 0.4) is 0 Å². The summed E-state index contributed by atoms with van der Waals surface area (Å²) in [6.07, 6.45) is -14.8. The third kappa shape index (κ3) is 5.81. The minimum absolute atomic E-state index is 0.0348.